The third-order valence-electron chi connectivity index (χ3n) is 6.35. The number of rotatable bonds is 15. The number of thiazole rings is 1. The van der Waals surface area contributed by atoms with Crippen molar-refractivity contribution >= 4 is 39.3 Å². The molecular weight excluding hydrogens is 522 g/mol. The number of aromatic nitrogens is 1. The van der Waals surface area contributed by atoms with Crippen molar-refractivity contribution in [2.45, 2.75) is 58.0 Å². The molecule has 0 fully saturated rings. The average Bonchev–Trinajstić information content (AvgIpc) is 3.33. The number of aryl methyl sites for hydroxylation is 1. The highest BCUT2D eigenvalue weighted by Crippen LogP contribution is 2.24. The highest BCUT2D eigenvalue weighted by molar-refractivity contribution is 7.18. The number of carbonyl (C=O) groups is 3. The zero-order valence-corrected chi connectivity index (χ0v) is 24.7. The molecule has 2 atom stereocenters. The number of nitrogens with one attached hydrogen (secondary N) is 3. The Morgan fingerprint density at radius 2 is 1.77 bits per heavy atom. The summed E-state index contributed by atoms with van der Waals surface area (Å²) in [5.41, 5.74) is 3.16. The molecule has 3 aromatic rings. The molecule has 0 saturated carbocycles. The molecule has 3 N–H and O–H groups in total. The van der Waals surface area contributed by atoms with E-state index in [0.717, 1.165) is 27.2 Å². The van der Waals surface area contributed by atoms with Gasteiger partial charge in [-0.15, -0.1) is 11.3 Å². The van der Waals surface area contributed by atoms with Crippen LogP contribution in [-0.4, -0.2) is 66.9 Å². The normalized spacial score (nSPS) is 12.9. The standard InChI is InChI=1S/C31H41N5O3S/c1-5-11-29(38)34-26(20-30-35-25-16-15-22(6-2)19-27(25)40-30)31(39)33-24(18-23-12-8-7-9-13-23)21-32-28(37)14-10-17-36(3)4/h7-10,12-16,19,24,26H,5-6,11,17-18,20-21H2,1-4H3,(H,32,37)(H,33,39)(H,34,38)/b14-10+/t24-,26-/m0/s1. The van der Waals surface area contributed by atoms with Crippen LogP contribution < -0.4 is 16.0 Å². The molecule has 40 heavy (non-hydrogen) atoms. The fourth-order valence-corrected chi connectivity index (χ4v) is 5.31. The number of benzene rings is 2. The number of amides is 3. The summed E-state index contributed by atoms with van der Waals surface area (Å²) >= 11 is 1.55. The number of carbonyl (C=O) groups excluding carboxylic acids is 3. The average molecular weight is 564 g/mol. The molecule has 0 spiro atoms. The van der Waals surface area contributed by atoms with Gasteiger partial charge in [0.25, 0.3) is 0 Å². The maximum atomic E-state index is 13.6. The molecule has 8 nitrogen and oxygen atoms in total. The second kappa shape index (κ2) is 15.9. The summed E-state index contributed by atoms with van der Waals surface area (Å²) in [6.45, 7) is 4.95. The number of nitrogens with zero attached hydrogens (tertiary/aromatic N) is 2. The SMILES string of the molecule is CCCC(=O)N[C@@H](Cc1nc2ccc(CC)cc2s1)C(=O)N[C@H](CNC(=O)/C=C/CN(C)C)Cc1ccccc1. The summed E-state index contributed by atoms with van der Waals surface area (Å²) in [6.07, 6.45) is 6.08. The lowest BCUT2D eigenvalue weighted by Crippen LogP contribution is -2.53. The van der Waals surface area contributed by atoms with Gasteiger partial charge in [0.2, 0.25) is 17.7 Å². The van der Waals surface area contributed by atoms with E-state index in [1.165, 1.54) is 11.6 Å². The van der Waals surface area contributed by atoms with Crippen molar-refractivity contribution in [1.82, 2.24) is 25.8 Å². The van der Waals surface area contributed by atoms with Crippen LogP contribution in [0.4, 0.5) is 0 Å². The van der Waals surface area contributed by atoms with Crippen LogP contribution in [0.15, 0.2) is 60.7 Å². The molecule has 0 unspecified atom stereocenters. The largest absolute Gasteiger partial charge is 0.350 e. The lowest BCUT2D eigenvalue weighted by Gasteiger charge is -2.23. The minimum Gasteiger partial charge on any atom is -0.350 e. The molecule has 0 bridgehead atoms. The van der Waals surface area contributed by atoms with Gasteiger partial charge in [-0.1, -0.05) is 56.3 Å². The molecule has 9 heteroatoms. The Labute approximate surface area is 241 Å². The number of hydrogen-bond acceptors (Lipinski definition) is 6. The predicted molar refractivity (Wildman–Crippen MR) is 162 cm³/mol. The van der Waals surface area contributed by atoms with Crippen molar-refractivity contribution in [3.8, 4) is 0 Å². The van der Waals surface area contributed by atoms with Crippen LogP contribution in [0, 0.1) is 0 Å². The number of hydrogen-bond donors (Lipinski definition) is 3. The first-order chi connectivity index (χ1) is 19.3. The summed E-state index contributed by atoms with van der Waals surface area (Å²) in [5, 5.41) is 9.70. The van der Waals surface area contributed by atoms with E-state index < -0.39 is 6.04 Å². The van der Waals surface area contributed by atoms with E-state index in [-0.39, 0.29) is 30.3 Å². The minimum atomic E-state index is -0.779. The fraction of sp³-hybridized carbons (Fsp3) is 0.419. The summed E-state index contributed by atoms with van der Waals surface area (Å²) in [4.78, 5) is 45.3. The lowest BCUT2D eigenvalue weighted by atomic mass is 10.0. The van der Waals surface area contributed by atoms with Gasteiger partial charge in [0, 0.05) is 32.0 Å². The van der Waals surface area contributed by atoms with Gasteiger partial charge in [0.1, 0.15) is 6.04 Å². The molecule has 1 aromatic heterocycles. The molecular formula is C31H41N5O3S. The second-order valence-electron chi connectivity index (χ2n) is 10.1. The Hall–Kier alpha value is -3.56. The Morgan fingerprint density at radius 1 is 1.00 bits per heavy atom. The van der Waals surface area contributed by atoms with Crippen molar-refractivity contribution in [2.24, 2.45) is 0 Å². The Bertz CT molecular complexity index is 1290. The highest BCUT2D eigenvalue weighted by atomic mass is 32.1. The quantitative estimate of drug-likeness (QED) is 0.245. The molecule has 2 aromatic carbocycles. The van der Waals surface area contributed by atoms with E-state index in [4.69, 9.17) is 4.98 Å². The van der Waals surface area contributed by atoms with Crippen LogP contribution in [-0.2, 0) is 33.6 Å². The maximum Gasteiger partial charge on any atom is 0.243 e. The topological polar surface area (TPSA) is 103 Å². The second-order valence-corrected chi connectivity index (χ2v) is 11.3. The summed E-state index contributed by atoms with van der Waals surface area (Å²) < 4.78 is 1.07. The first-order valence-electron chi connectivity index (χ1n) is 13.9. The number of likely N-dealkylation sites (N-methyl/N-ethyl adjacent to an activating group) is 1. The van der Waals surface area contributed by atoms with Gasteiger partial charge in [0.05, 0.1) is 21.3 Å². The Morgan fingerprint density at radius 3 is 2.48 bits per heavy atom. The molecule has 0 aliphatic heterocycles. The van der Waals surface area contributed by atoms with Crippen molar-refractivity contribution in [3.63, 3.8) is 0 Å². The van der Waals surface area contributed by atoms with Crippen molar-refractivity contribution in [1.29, 1.82) is 0 Å². The predicted octanol–water partition coefficient (Wildman–Crippen LogP) is 3.65. The Balaban J connectivity index is 1.76. The van der Waals surface area contributed by atoms with Crippen molar-refractivity contribution in [3.05, 3.63) is 76.8 Å². The van der Waals surface area contributed by atoms with E-state index >= 15 is 0 Å². The van der Waals surface area contributed by atoms with Crippen LogP contribution in [0.3, 0.4) is 0 Å². The third kappa shape index (κ3) is 10.2. The molecule has 0 radical (unpaired) electrons. The molecule has 214 valence electrons. The van der Waals surface area contributed by atoms with Gasteiger partial charge in [0.15, 0.2) is 0 Å². The fourth-order valence-electron chi connectivity index (χ4n) is 4.23. The van der Waals surface area contributed by atoms with Gasteiger partial charge in [-0.25, -0.2) is 4.98 Å². The highest BCUT2D eigenvalue weighted by Gasteiger charge is 2.25. The van der Waals surface area contributed by atoms with E-state index in [1.54, 1.807) is 17.4 Å². The Kier molecular flexibility index (Phi) is 12.3. The molecule has 0 aliphatic carbocycles. The molecule has 1 heterocycles. The van der Waals surface area contributed by atoms with E-state index in [0.29, 0.717) is 32.2 Å². The van der Waals surface area contributed by atoms with Crippen molar-refractivity contribution in [2.75, 3.05) is 27.2 Å². The maximum absolute atomic E-state index is 13.6. The van der Waals surface area contributed by atoms with E-state index in [9.17, 15) is 14.4 Å². The van der Waals surface area contributed by atoms with Crippen LogP contribution in [0.25, 0.3) is 10.2 Å². The summed E-state index contributed by atoms with van der Waals surface area (Å²) in [6, 6.07) is 14.9. The van der Waals surface area contributed by atoms with Crippen LogP contribution >= 0.6 is 11.3 Å². The smallest absolute Gasteiger partial charge is 0.243 e. The zero-order chi connectivity index (χ0) is 28.9. The monoisotopic (exact) mass is 563 g/mol. The van der Waals surface area contributed by atoms with Crippen LogP contribution in [0.2, 0.25) is 0 Å². The van der Waals surface area contributed by atoms with E-state index in [2.05, 4.69) is 35.0 Å². The van der Waals surface area contributed by atoms with Gasteiger partial charge >= 0.3 is 0 Å². The first kappa shape index (κ1) is 31.0. The third-order valence-corrected chi connectivity index (χ3v) is 7.39. The molecule has 0 saturated heterocycles. The minimum absolute atomic E-state index is 0.170. The molecule has 3 amide bonds. The number of fused-ring (bicyclic) bond motifs is 1. The zero-order valence-electron chi connectivity index (χ0n) is 23.9. The lowest BCUT2D eigenvalue weighted by molar-refractivity contribution is -0.129. The first-order valence-corrected chi connectivity index (χ1v) is 14.7. The van der Waals surface area contributed by atoms with Gasteiger partial charge in [-0.05, 0) is 56.6 Å². The van der Waals surface area contributed by atoms with Crippen LogP contribution in [0.1, 0.15) is 42.8 Å². The van der Waals surface area contributed by atoms with E-state index in [1.807, 2.05) is 62.3 Å². The van der Waals surface area contributed by atoms with Gasteiger partial charge in [-0.2, -0.15) is 0 Å². The summed E-state index contributed by atoms with van der Waals surface area (Å²) in [5.74, 6) is -0.685. The molecule has 3 rings (SSSR count). The van der Waals surface area contributed by atoms with Crippen molar-refractivity contribution < 1.29 is 14.4 Å². The van der Waals surface area contributed by atoms with Gasteiger partial charge in [-0.3, -0.25) is 14.4 Å². The van der Waals surface area contributed by atoms with Gasteiger partial charge < -0.3 is 20.9 Å². The molecule has 0 aliphatic rings. The summed E-state index contributed by atoms with van der Waals surface area (Å²) in [7, 11) is 3.86. The van der Waals surface area contributed by atoms with Crippen LogP contribution in [0.5, 0.6) is 0 Å².